The number of hydrogen-bond acceptors (Lipinski definition) is 6. The number of benzene rings is 3. The highest BCUT2D eigenvalue weighted by molar-refractivity contribution is 6.30. The summed E-state index contributed by atoms with van der Waals surface area (Å²) in [5.41, 5.74) is 4.95. The lowest BCUT2D eigenvalue weighted by atomic mass is 9.71. The maximum absolute atomic E-state index is 13.9. The highest BCUT2D eigenvalue weighted by Crippen LogP contribution is 2.46. The zero-order valence-electron chi connectivity index (χ0n) is 22.8. The van der Waals surface area contributed by atoms with Gasteiger partial charge in [0, 0.05) is 39.9 Å². The lowest BCUT2D eigenvalue weighted by Gasteiger charge is -2.37. The summed E-state index contributed by atoms with van der Waals surface area (Å²) >= 11 is 6.20. The summed E-state index contributed by atoms with van der Waals surface area (Å²) in [6.45, 7) is 1.87. The van der Waals surface area contributed by atoms with E-state index in [1.54, 1.807) is 45.6 Å². The zero-order valence-corrected chi connectivity index (χ0v) is 23.6. The molecule has 1 aliphatic carbocycles. The van der Waals surface area contributed by atoms with Gasteiger partial charge in [-0.05, 0) is 66.8 Å². The molecule has 206 valence electrons. The average molecular weight is 559 g/mol. The molecule has 1 heterocycles. The smallest absolute Gasteiger partial charge is 0.254 e. The van der Waals surface area contributed by atoms with Gasteiger partial charge in [-0.2, -0.15) is 0 Å². The topological polar surface area (TPSA) is 85.9 Å². The maximum atomic E-state index is 13.9. The normalized spacial score (nSPS) is 18.6. The van der Waals surface area contributed by atoms with Gasteiger partial charge in [0.2, 0.25) is 0 Å². The summed E-state index contributed by atoms with van der Waals surface area (Å²) in [5.74, 6) is 0.876. The summed E-state index contributed by atoms with van der Waals surface area (Å²) in [4.78, 5) is 27.8. The van der Waals surface area contributed by atoms with E-state index < -0.39 is 5.92 Å². The molecule has 3 aromatic carbocycles. The van der Waals surface area contributed by atoms with Gasteiger partial charge in [0.15, 0.2) is 17.3 Å². The van der Waals surface area contributed by atoms with Crippen LogP contribution >= 0.6 is 11.6 Å². The lowest BCUT2D eigenvalue weighted by Crippen LogP contribution is -2.37. The van der Waals surface area contributed by atoms with E-state index in [1.807, 2.05) is 49.4 Å². The first-order chi connectivity index (χ1) is 19.3. The Hall–Kier alpha value is -4.23. The summed E-state index contributed by atoms with van der Waals surface area (Å²) in [5, 5.41) is 6.99. The minimum Gasteiger partial charge on any atom is -0.495 e. The van der Waals surface area contributed by atoms with E-state index in [9.17, 15) is 9.59 Å². The number of para-hydroxylation sites is 2. The van der Waals surface area contributed by atoms with E-state index in [1.165, 1.54) is 0 Å². The summed E-state index contributed by atoms with van der Waals surface area (Å²) in [7, 11) is 4.75. The Morgan fingerprint density at radius 3 is 2.25 bits per heavy atom. The predicted molar refractivity (Wildman–Crippen MR) is 155 cm³/mol. The molecule has 2 atom stereocenters. The van der Waals surface area contributed by atoms with E-state index in [0.29, 0.717) is 57.6 Å². The van der Waals surface area contributed by atoms with Gasteiger partial charge in [0.1, 0.15) is 5.75 Å². The van der Waals surface area contributed by atoms with Crippen molar-refractivity contribution in [2.75, 3.05) is 26.6 Å². The summed E-state index contributed by atoms with van der Waals surface area (Å²) < 4.78 is 16.3. The van der Waals surface area contributed by atoms with Crippen LogP contribution < -0.4 is 24.8 Å². The number of carbonyl (C=O) groups excluding carboxylic acids is 2. The molecule has 0 spiro atoms. The van der Waals surface area contributed by atoms with Crippen molar-refractivity contribution in [1.82, 2.24) is 5.32 Å². The monoisotopic (exact) mass is 558 g/mol. The number of hydrogen-bond donors (Lipinski definition) is 2. The molecule has 0 saturated heterocycles. The van der Waals surface area contributed by atoms with E-state index in [4.69, 9.17) is 25.8 Å². The van der Waals surface area contributed by atoms with Gasteiger partial charge in [0.05, 0.1) is 27.0 Å². The number of anilines is 1. The molecule has 3 aromatic rings. The number of ether oxygens (including phenoxy) is 3. The van der Waals surface area contributed by atoms with Crippen LogP contribution in [-0.4, -0.2) is 33.0 Å². The van der Waals surface area contributed by atoms with Crippen molar-refractivity contribution in [1.29, 1.82) is 0 Å². The average Bonchev–Trinajstić information content (AvgIpc) is 2.96. The Balaban J connectivity index is 1.54. The molecule has 2 N–H and O–H groups in total. The van der Waals surface area contributed by atoms with E-state index in [0.717, 1.165) is 16.8 Å². The third-order valence-corrected chi connectivity index (χ3v) is 7.76. The van der Waals surface area contributed by atoms with Crippen molar-refractivity contribution in [2.45, 2.75) is 31.6 Å². The number of dihydropyridines is 1. The fourth-order valence-electron chi connectivity index (χ4n) is 5.61. The number of nitrogens with one attached hydrogen (secondary N) is 2. The van der Waals surface area contributed by atoms with Crippen LogP contribution in [0.1, 0.15) is 42.7 Å². The van der Waals surface area contributed by atoms with Gasteiger partial charge in [-0.3, -0.25) is 9.59 Å². The van der Waals surface area contributed by atoms with Crippen molar-refractivity contribution in [2.24, 2.45) is 0 Å². The van der Waals surface area contributed by atoms with Crippen molar-refractivity contribution >= 4 is 29.0 Å². The Bertz CT molecular complexity index is 1530. The Morgan fingerprint density at radius 2 is 1.55 bits per heavy atom. The molecule has 0 radical (unpaired) electrons. The number of Topliss-reactive ketones (excluding diaryl/α,β-unsaturated/α-hetero) is 1. The molecule has 2 unspecified atom stereocenters. The van der Waals surface area contributed by atoms with Crippen LogP contribution in [0.25, 0.3) is 0 Å². The quantitative estimate of drug-likeness (QED) is 0.351. The Morgan fingerprint density at radius 1 is 0.875 bits per heavy atom. The fourth-order valence-corrected chi connectivity index (χ4v) is 5.73. The molecular weight excluding hydrogens is 528 g/mol. The van der Waals surface area contributed by atoms with Crippen molar-refractivity contribution in [3.8, 4) is 17.2 Å². The molecule has 7 nitrogen and oxygen atoms in total. The SMILES string of the molecule is COc1ccccc1NC(=O)C1=C(C)NC2=C(C(=O)CC(c3ccc(OC)c(OC)c3)C2)C1c1ccc(Cl)cc1. The highest BCUT2D eigenvalue weighted by atomic mass is 35.5. The summed E-state index contributed by atoms with van der Waals surface area (Å²) in [6, 6.07) is 20.3. The van der Waals surface area contributed by atoms with Crippen molar-refractivity contribution in [3.63, 3.8) is 0 Å². The number of ketones is 1. The van der Waals surface area contributed by atoms with Crippen LogP contribution in [-0.2, 0) is 9.59 Å². The molecule has 2 aliphatic rings. The van der Waals surface area contributed by atoms with E-state index in [-0.39, 0.29) is 17.6 Å². The van der Waals surface area contributed by atoms with Crippen LogP contribution in [0, 0.1) is 0 Å². The van der Waals surface area contributed by atoms with Crippen LogP contribution in [0.2, 0.25) is 5.02 Å². The second-order valence-electron chi connectivity index (χ2n) is 9.84. The molecule has 0 saturated carbocycles. The predicted octanol–water partition coefficient (Wildman–Crippen LogP) is 6.37. The molecule has 8 heteroatoms. The Kier molecular flexibility index (Phi) is 7.85. The minimum absolute atomic E-state index is 0.0106. The van der Waals surface area contributed by atoms with Gasteiger partial charge in [-0.15, -0.1) is 0 Å². The first-order valence-corrected chi connectivity index (χ1v) is 13.4. The van der Waals surface area contributed by atoms with Crippen LogP contribution in [0.5, 0.6) is 17.2 Å². The third kappa shape index (κ3) is 5.17. The molecular formula is C32H31ClN2O5. The Labute approximate surface area is 238 Å². The molecule has 0 aromatic heterocycles. The second-order valence-corrected chi connectivity index (χ2v) is 10.3. The van der Waals surface area contributed by atoms with Crippen molar-refractivity contribution < 1.29 is 23.8 Å². The first-order valence-electron chi connectivity index (χ1n) is 13.0. The standard InChI is InChI=1S/C32H31ClN2O5/c1-18-29(32(37)35-23-7-5-6-8-26(23)38-2)30(19-9-12-22(33)13-10-19)31-24(34-18)15-21(16-25(31)36)20-11-14-27(39-3)28(17-20)40-4/h5-14,17,21,30,34H,15-16H2,1-4H3,(H,35,37). The van der Waals surface area contributed by atoms with Gasteiger partial charge in [-0.1, -0.05) is 41.9 Å². The van der Waals surface area contributed by atoms with Crippen LogP contribution in [0.4, 0.5) is 5.69 Å². The highest BCUT2D eigenvalue weighted by Gasteiger charge is 2.41. The molecule has 40 heavy (non-hydrogen) atoms. The largest absolute Gasteiger partial charge is 0.495 e. The van der Waals surface area contributed by atoms with Crippen molar-refractivity contribution in [3.05, 3.63) is 105 Å². The number of allylic oxidation sites excluding steroid dienone is 3. The first kappa shape index (κ1) is 27.3. The van der Waals surface area contributed by atoms with Crippen LogP contribution in [0.3, 0.4) is 0 Å². The zero-order chi connectivity index (χ0) is 28.4. The van der Waals surface area contributed by atoms with Gasteiger partial charge < -0.3 is 24.8 Å². The van der Waals surface area contributed by atoms with E-state index in [2.05, 4.69) is 10.6 Å². The molecule has 0 bridgehead atoms. The molecule has 0 fully saturated rings. The number of rotatable bonds is 7. The second kappa shape index (κ2) is 11.5. The van der Waals surface area contributed by atoms with E-state index >= 15 is 0 Å². The van der Waals surface area contributed by atoms with Gasteiger partial charge in [0.25, 0.3) is 5.91 Å². The number of methoxy groups -OCH3 is 3. The molecule has 1 aliphatic heterocycles. The third-order valence-electron chi connectivity index (χ3n) is 7.51. The molecule has 5 rings (SSSR count). The lowest BCUT2D eigenvalue weighted by molar-refractivity contribution is -0.116. The fraction of sp³-hybridized carbons (Fsp3) is 0.250. The maximum Gasteiger partial charge on any atom is 0.254 e. The minimum atomic E-state index is -0.554. The molecule has 1 amide bonds. The number of amides is 1. The van der Waals surface area contributed by atoms with Gasteiger partial charge >= 0.3 is 0 Å². The van der Waals surface area contributed by atoms with Crippen LogP contribution in [0.15, 0.2) is 89.3 Å². The number of halogens is 1. The van der Waals surface area contributed by atoms with Gasteiger partial charge in [-0.25, -0.2) is 0 Å². The number of carbonyl (C=O) groups is 2. The summed E-state index contributed by atoms with van der Waals surface area (Å²) in [6.07, 6.45) is 0.917.